The highest BCUT2D eigenvalue weighted by Crippen LogP contribution is 2.17. The van der Waals surface area contributed by atoms with Crippen molar-refractivity contribution in [1.82, 2.24) is 15.2 Å². The van der Waals surface area contributed by atoms with Crippen molar-refractivity contribution in [3.8, 4) is 0 Å². The molecule has 6 nitrogen and oxygen atoms in total. The molecule has 1 atom stereocenters. The van der Waals surface area contributed by atoms with Crippen LogP contribution in [0.15, 0.2) is 5.38 Å². The number of thiazole rings is 1. The molecule has 1 fully saturated rings. The molecule has 2 heterocycles. The van der Waals surface area contributed by atoms with Gasteiger partial charge in [0.15, 0.2) is 5.13 Å². The summed E-state index contributed by atoms with van der Waals surface area (Å²) in [6, 6.07) is 0.213. The SMILES string of the molecule is CC(C)C(=O)Nc1nc(CC(=O)N2CCNC[C@H]2C)cs1. The number of anilines is 1. The lowest BCUT2D eigenvalue weighted by Crippen LogP contribution is -2.52. The molecule has 2 rings (SSSR count). The molecule has 1 aromatic rings. The van der Waals surface area contributed by atoms with Crippen LogP contribution in [-0.4, -0.2) is 47.4 Å². The molecule has 0 aromatic carbocycles. The molecule has 2 amide bonds. The van der Waals surface area contributed by atoms with Crippen LogP contribution in [0.5, 0.6) is 0 Å². The summed E-state index contributed by atoms with van der Waals surface area (Å²) in [6.07, 6.45) is 0.290. The number of piperazine rings is 1. The average Bonchev–Trinajstić information content (AvgIpc) is 2.86. The molecule has 1 aliphatic heterocycles. The Bertz CT molecular complexity index is 515. The molecule has 21 heavy (non-hydrogen) atoms. The Kier molecular flexibility index (Phi) is 5.30. The first-order valence-corrected chi connectivity index (χ1v) is 8.10. The predicted octanol–water partition coefficient (Wildman–Crippen LogP) is 1.10. The van der Waals surface area contributed by atoms with Gasteiger partial charge in [-0.05, 0) is 6.92 Å². The van der Waals surface area contributed by atoms with Gasteiger partial charge in [-0.3, -0.25) is 9.59 Å². The first-order valence-electron chi connectivity index (χ1n) is 7.23. The highest BCUT2D eigenvalue weighted by Gasteiger charge is 2.23. The lowest BCUT2D eigenvalue weighted by atomic mass is 10.2. The van der Waals surface area contributed by atoms with Crippen LogP contribution in [0, 0.1) is 5.92 Å². The maximum absolute atomic E-state index is 12.3. The van der Waals surface area contributed by atoms with Gasteiger partial charge in [-0.25, -0.2) is 4.98 Å². The highest BCUT2D eigenvalue weighted by atomic mass is 32.1. The topological polar surface area (TPSA) is 74.3 Å². The minimum atomic E-state index is -0.0827. The fourth-order valence-corrected chi connectivity index (χ4v) is 2.88. The van der Waals surface area contributed by atoms with Crippen molar-refractivity contribution >= 4 is 28.3 Å². The Morgan fingerprint density at radius 2 is 2.33 bits per heavy atom. The van der Waals surface area contributed by atoms with E-state index in [0.29, 0.717) is 11.6 Å². The molecule has 1 saturated heterocycles. The fourth-order valence-electron chi connectivity index (χ4n) is 2.16. The van der Waals surface area contributed by atoms with Crippen LogP contribution < -0.4 is 10.6 Å². The zero-order chi connectivity index (χ0) is 15.4. The lowest BCUT2D eigenvalue weighted by Gasteiger charge is -2.33. The molecule has 0 saturated carbocycles. The van der Waals surface area contributed by atoms with Crippen molar-refractivity contribution in [2.45, 2.75) is 33.2 Å². The van der Waals surface area contributed by atoms with Crippen LogP contribution >= 0.6 is 11.3 Å². The zero-order valence-electron chi connectivity index (χ0n) is 12.7. The summed E-state index contributed by atoms with van der Waals surface area (Å²) in [4.78, 5) is 30.1. The summed E-state index contributed by atoms with van der Waals surface area (Å²) in [5.41, 5.74) is 0.717. The minimum absolute atomic E-state index is 0.0575. The van der Waals surface area contributed by atoms with E-state index in [2.05, 4.69) is 15.6 Å². The van der Waals surface area contributed by atoms with E-state index in [9.17, 15) is 9.59 Å². The second-order valence-corrected chi connectivity index (χ2v) is 6.46. The number of carbonyl (C=O) groups is 2. The smallest absolute Gasteiger partial charge is 0.228 e. The normalized spacial score (nSPS) is 18.9. The first-order chi connectivity index (χ1) is 9.97. The Morgan fingerprint density at radius 3 is 3.00 bits per heavy atom. The van der Waals surface area contributed by atoms with Gasteiger partial charge in [0.25, 0.3) is 0 Å². The second kappa shape index (κ2) is 7.00. The van der Waals surface area contributed by atoms with Crippen LogP contribution in [0.2, 0.25) is 0 Å². The number of carbonyl (C=O) groups excluding carboxylic acids is 2. The van der Waals surface area contributed by atoms with E-state index in [1.807, 2.05) is 31.1 Å². The molecule has 7 heteroatoms. The maximum Gasteiger partial charge on any atom is 0.228 e. The molecule has 1 aliphatic rings. The van der Waals surface area contributed by atoms with E-state index in [0.717, 1.165) is 25.3 Å². The van der Waals surface area contributed by atoms with E-state index in [1.54, 1.807) is 0 Å². The Hall–Kier alpha value is -1.47. The number of nitrogens with zero attached hydrogens (tertiary/aromatic N) is 2. The molecule has 0 radical (unpaired) electrons. The largest absolute Gasteiger partial charge is 0.337 e. The summed E-state index contributed by atoms with van der Waals surface area (Å²) >= 11 is 1.36. The molecular formula is C14H22N4O2S. The number of aromatic nitrogens is 1. The number of nitrogens with one attached hydrogen (secondary N) is 2. The van der Waals surface area contributed by atoms with E-state index in [-0.39, 0.29) is 23.8 Å². The monoisotopic (exact) mass is 310 g/mol. The van der Waals surface area contributed by atoms with Crippen LogP contribution in [0.25, 0.3) is 0 Å². The molecule has 2 N–H and O–H groups in total. The van der Waals surface area contributed by atoms with Gasteiger partial charge in [-0.15, -0.1) is 11.3 Å². The van der Waals surface area contributed by atoms with Crippen molar-refractivity contribution in [2.75, 3.05) is 25.0 Å². The molecule has 0 aliphatic carbocycles. The van der Waals surface area contributed by atoms with Gasteiger partial charge in [-0.1, -0.05) is 13.8 Å². The first kappa shape index (κ1) is 15.9. The van der Waals surface area contributed by atoms with Gasteiger partial charge in [0.1, 0.15) is 0 Å². The fraction of sp³-hybridized carbons (Fsp3) is 0.643. The van der Waals surface area contributed by atoms with E-state index < -0.39 is 0 Å². The van der Waals surface area contributed by atoms with E-state index in [1.165, 1.54) is 11.3 Å². The average molecular weight is 310 g/mol. The van der Waals surface area contributed by atoms with Gasteiger partial charge in [0.2, 0.25) is 11.8 Å². The molecule has 0 spiro atoms. The zero-order valence-corrected chi connectivity index (χ0v) is 13.5. The van der Waals surface area contributed by atoms with Crippen molar-refractivity contribution in [3.05, 3.63) is 11.1 Å². The van der Waals surface area contributed by atoms with Crippen molar-refractivity contribution in [1.29, 1.82) is 0 Å². The third kappa shape index (κ3) is 4.25. The quantitative estimate of drug-likeness (QED) is 0.873. The molecule has 1 aromatic heterocycles. The Balaban J connectivity index is 1.92. The van der Waals surface area contributed by atoms with Crippen LogP contribution in [-0.2, 0) is 16.0 Å². The summed E-state index contributed by atoms with van der Waals surface area (Å²) < 4.78 is 0. The number of hydrogen-bond acceptors (Lipinski definition) is 5. The summed E-state index contributed by atoms with van der Waals surface area (Å²) in [7, 11) is 0. The molecular weight excluding hydrogens is 288 g/mol. The molecule has 116 valence electrons. The Morgan fingerprint density at radius 1 is 1.57 bits per heavy atom. The van der Waals surface area contributed by atoms with E-state index >= 15 is 0 Å². The highest BCUT2D eigenvalue weighted by molar-refractivity contribution is 7.13. The third-order valence-electron chi connectivity index (χ3n) is 3.46. The van der Waals surface area contributed by atoms with Crippen molar-refractivity contribution in [3.63, 3.8) is 0 Å². The van der Waals surface area contributed by atoms with Crippen LogP contribution in [0.4, 0.5) is 5.13 Å². The van der Waals surface area contributed by atoms with Crippen molar-refractivity contribution in [2.24, 2.45) is 5.92 Å². The van der Waals surface area contributed by atoms with Crippen LogP contribution in [0.3, 0.4) is 0 Å². The van der Waals surface area contributed by atoms with Gasteiger partial charge in [0, 0.05) is 37.0 Å². The minimum Gasteiger partial charge on any atom is -0.337 e. The summed E-state index contributed by atoms with van der Waals surface area (Å²) in [5.74, 6) is -0.0466. The van der Waals surface area contributed by atoms with E-state index in [4.69, 9.17) is 0 Å². The van der Waals surface area contributed by atoms with Gasteiger partial charge in [0.05, 0.1) is 12.1 Å². The van der Waals surface area contributed by atoms with Gasteiger partial charge < -0.3 is 15.5 Å². The standard InChI is InChI=1S/C14H22N4O2S/c1-9(2)13(20)17-14-16-11(8-21-14)6-12(19)18-5-4-15-7-10(18)3/h8-10,15H,4-7H2,1-3H3,(H,16,17,20)/t10-/m1/s1. The number of rotatable bonds is 4. The molecule has 0 bridgehead atoms. The third-order valence-corrected chi connectivity index (χ3v) is 4.27. The Labute approximate surface area is 128 Å². The van der Waals surface area contributed by atoms with Crippen molar-refractivity contribution < 1.29 is 9.59 Å². The predicted molar refractivity (Wildman–Crippen MR) is 83.3 cm³/mol. The number of amides is 2. The maximum atomic E-state index is 12.3. The van der Waals surface area contributed by atoms with Crippen LogP contribution in [0.1, 0.15) is 26.5 Å². The summed E-state index contributed by atoms with van der Waals surface area (Å²) in [5, 5.41) is 8.42. The lowest BCUT2D eigenvalue weighted by molar-refractivity contribution is -0.133. The van der Waals surface area contributed by atoms with Gasteiger partial charge >= 0.3 is 0 Å². The molecule has 0 unspecified atom stereocenters. The van der Waals surface area contributed by atoms with Gasteiger partial charge in [-0.2, -0.15) is 0 Å². The number of hydrogen-bond donors (Lipinski definition) is 2. The second-order valence-electron chi connectivity index (χ2n) is 5.61. The summed E-state index contributed by atoms with van der Waals surface area (Å²) in [6.45, 7) is 8.11.